The molecule has 2 fully saturated rings. The minimum absolute atomic E-state index is 0.00223. The zero-order valence-corrected chi connectivity index (χ0v) is 31.2. The Morgan fingerprint density at radius 1 is 1.00 bits per heavy atom. The van der Waals surface area contributed by atoms with Crippen LogP contribution in [-0.2, 0) is 39.9 Å². The lowest BCUT2D eigenvalue weighted by Gasteiger charge is -2.27. The van der Waals surface area contributed by atoms with Crippen LogP contribution in [0.3, 0.4) is 0 Å². The molecule has 54 heavy (non-hydrogen) atoms. The molecule has 1 aliphatic carbocycles. The van der Waals surface area contributed by atoms with Crippen LogP contribution in [-0.4, -0.2) is 83.6 Å². The third-order valence-corrected chi connectivity index (χ3v) is 11.5. The van der Waals surface area contributed by atoms with Gasteiger partial charge in [0.25, 0.3) is 0 Å². The number of piperidine rings is 1. The third-order valence-electron chi connectivity index (χ3n) is 11.5. The second-order valence-electron chi connectivity index (χ2n) is 15.5. The summed E-state index contributed by atoms with van der Waals surface area (Å²) in [4.78, 5) is 71.2. The van der Waals surface area contributed by atoms with Crippen molar-refractivity contribution in [2.75, 3.05) is 13.6 Å². The number of alkyl halides is 3. The number of hydrogen-bond acceptors (Lipinski definition) is 8. The van der Waals surface area contributed by atoms with Gasteiger partial charge in [-0.25, -0.2) is 15.0 Å². The molecule has 14 heteroatoms. The maximum Gasteiger partial charge on any atom is 0.433 e. The van der Waals surface area contributed by atoms with Crippen LogP contribution >= 0.6 is 0 Å². The Morgan fingerprint density at radius 2 is 1.74 bits per heavy atom. The van der Waals surface area contributed by atoms with Crippen LogP contribution in [0.25, 0.3) is 22.0 Å². The van der Waals surface area contributed by atoms with Crippen LogP contribution in [0.4, 0.5) is 13.2 Å². The number of aryl methyl sites for hydroxylation is 3. The van der Waals surface area contributed by atoms with Gasteiger partial charge in [-0.1, -0.05) is 25.8 Å². The van der Waals surface area contributed by atoms with E-state index < -0.39 is 29.1 Å². The van der Waals surface area contributed by atoms with Crippen LogP contribution in [0.1, 0.15) is 91.2 Å². The van der Waals surface area contributed by atoms with Crippen LogP contribution < -0.4 is 0 Å². The summed E-state index contributed by atoms with van der Waals surface area (Å²) in [5, 5.41) is 5.30. The molecular formula is C40H44F3N7O4. The zero-order chi connectivity index (χ0) is 38.7. The number of Topliss-reactive ketones (excluding diaryl/α,β-unsaturated/α-hetero) is 2. The van der Waals surface area contributed by atoms with Crippen LogP contribution in [0, 0.1) is 25.2 Å². The van der Waals surface area contributed by atoms with Crippen molar-refractivity contribution >= 4 is 34.3 Å². The summed E-state index contributed by atoms with van der Waals surface area (Å²) in [6.45, 7) is 6.86. The average Bonchev–Trinajstić information content (AvgIpc) is 3.51. The van der Waals surface area contributed by atoms with E-state index in [1.54, 1.807) is 47.8 Å². The molecule has 2 bridgehead atoms. The molecule has 3 aromatic heterocycles. The maximum absolute atomic E-state index is 14.6. The Labute approximate surface area is 311 Å². The number of halogens is 3. The summed E-state index contributed by atoms with van der Waals surface area (Å²) in [6.07, 6.45) is 3.10. The zero-order valence-electron chi connectivity index (χ0n) is 31.2. The third kappa shape index (κ3) is 7.02. The summed E-state index contributed by atoms with van der Waals surface area (Å²) in [7, 11) is 1.76. The first-order valence-electron chi connectivity index (χ1n) is 18.5. The van der Waals surface area contributed by atoms with Gasteiger partial charge in [-0.3, -0.25) is 23.9 Å². The summed E-state index contributed by atoms with van der Waals surface area (Å²) in [6, 6.07) is 4.81. The Balaban J connectivity index is 1.30. The minimum atomic E-state index is -4.68. The Bertz CT molecular complexity index is 2160. The molecule has 0 unspecified atom stereocenters. The van der Waals surface area contributed by atoms with E-state index >= 15 is 0 Å². The van der Waals surface area contributed by atoms with Crippen molar-refractivity contribution < 1.29 is 32.3 Å². The van der Waals surface area contributed by atoms with Crippen molar-refractivity contribution in [2.45, 2.75) is 104 Å². The molecule has 2 aliphatic heterocycles. The van der Waals surface area contributed by atoms with E-state index in [1.165, 1.54) is 13.0 Å². The highest BCUT2D eigenvalue weighted by Crippen LogP contribution is 2.60. The highest BCUT2D eigenvalue weighted by atomic mass is 19.4. The molecule has 3 aliphatic rings. The second-order valence-corrected chi connectivity index (χ2v) is 15.5. The van der Waals surface area contributed by atoms with Crippen molar-refractivity contribution in [3.63, 3.8) is 0 Å². The first-order valence-corrected chi connectivity index (χ1v) is 18.5. The quantitative estimate of drug-likeness (QED) is 0.224. The van der Waals surface area contributed by atoms with Crippen molar-refractivity contribution in [1.29, 1.82) is 0 Å². The fraction of sp³-hybridized carbons (Fsp3) is 0.500. The molecule has 4 atom stereocenters. The molecular weight excluding hydrogens is 699 g/mol. The normalized spacial score (nSPS) is 23.7. The molecule has 4 aromatic rings. The SMILES string of the molecule is CC(=O)c1nn2c3c(cc(-c4cnc(C)nc4)cc13)CCCCC[C@@H](C)C(=O)N(C)C[C@@]13C[C@@H](C(=O)Cc4nc(C(F)(F)F)ccc4C)N(C(=O)C2)[C@@H]1C3. The molecule has 0 spiro atoms. The smallest absolute Gasteiger partial charge is 0.345 e. The molecule has 0 N–H and O–H groups in total. The number of nitrogens with zero attached hydrogens (tertiary/aromatic N) is 7. The van der Waals surface area contributed by atoms with E-state index in [-0.39, 0.29) is 60.3 Å². The maximum atomic E-state index is 14.6. The lowest BCUT2D eigenvalue weighted by molar-refractivity contribution is -0.141. The fourth-order valence-corrected chi connectivity index (χ4v) is 8.56. The van der Waals surface area contributed by atoms with E-state index in [1.807, 2.05) is 19.1 Å². The highest BCUT2D eigenvalue weighted by molar-refractivity contribution is 6.07. The van der Waals surface area contributed by atoms with Crippen LogP contribution in [0.2, 0.25) is 0 Å². The number of amides is 2. The van der Waals surface area contributed by atoms with Gasteiger partial charge in [-0.05, 0) is 80.8 Å². The number of hydrogen-bond donors (Lipinski definition) is 0. The second kappa shape index (κ2) is 14.0. The van der Waals surface area contributed by atoms with Gasteiger partial charge in [-0.2, -0.15) is 18.3 Å². The van der Waals surface area contributed by atoms with E-state index in [2.05, 4.69) is 15.0 Å². The van der Waals surface area contributed by atoms with E-state index in [4.69, 9.17) is 5.10 Å². The van der Waals surface area contributed by atoms with Crippen molar-refractivity contribution in [1.82, 2.24) is 34.5 Å². The highest BCUT2D eigenvalue weighted by Gasteiger charge is 2.67. The number of aromatic nitrogens is 5. The number of ketones is 2. The first kappa shape index (κ1) is 37.3. The van der Waals surface area contributed by atoms with Crippen molar-refractivity contribution in [3.8, 4) is 11.1 Å². The number of carbonyl (C=O) groups is 4. The van der Waals surface area contributed by atoms with E-state index in [0.29, 0.717) is 48.1 Å². The summed E-state index contributed by atoms with van der Waals surface area (Å²) in [5.74, 6) is -0.665. The fourth-order valence-electron chi connectivity index (χ4n) is 8.56. The average molecular weight is 744 g/mol. The van der Waals surface area contributed by atoms with Gasteiger partial charge in [0.1, 0.15) is 23.8 Å². The number of pyridine rings is 1. The minimum Gasteiger partial charge on any atom is -0.345 e. The molecule has 1 saturated heterocycles. The van der Waals surface area contributed by atoms with Gasteiger partial charge in [0.05, 0.1) is 23.7 Å². The predicted molar refractivity (Wildman–Crippen MR) is 193 cm³/mol. The van der Waals surface area contributed by atoms with Crippen molar-refractivity contribution in [3.05, 3.63) is 70.7 Å². The monoisotopic (exact) mass is 743 g/mol. The van der Waals surface area contributed by atoms with Crippen LogP contribution in [0.15, 0.2) is 36.7 Å². The molecule has 5 heterocycles. The van der Waals surface area contributed by atoms with Gasteiger partial charge in [-0.15, -0.1) is 0 Å². The van der Waals surface area contributed by atoms with Gasteiger partial charge < -0.3 is 9.80 Å². The van der Waals surface area contributed by atoms with E-state index in [0.717, 1.165) is 42.0 Å². The molecule has 1 saturated carbocycles. The van der Waals surface area contributed by atoms with E-state index in [9.17, 15) is 32.3 Å². The Hall–Kier alpha value is -5.01. The lowest BCUT2D eigenvalue weighted by Crippen LogP contribution is -2.45. The summed E-state index contributed by atoms with van der Waals surface area (Å²) >= 11 is 0. The number of benzene rings is 1. The van der Waals surface area contributed by atoms with Gasteiger partial charge in [0.15, 0.2) is 11.6 Å². The summed E-state index contributed by atoms with van der Waals surface area (Å²) in [5.41, 5.74) is 2.19. The molecule has 284 valence electrons. The Morgan fingerprint density at radius 3 is 2.44 bits per heavy atom. The number of rotatable bonds is 5. The standard InChI is InChI=1S/C40H44F3N7O4/c1-22-11-12-33(40(41,42)43)46-30(22)15-32(52)31-16-39-17-34(39)50(31)35(53)20-49-37-26(10-8-6-7-9-23(2)38(54)48(5)21-39)13-27(28-18-44-25(4)45-19-28)14-29(37)36(47-49)24(3)51/h11-14,18-19,23,31,34H,6-10,15-17,20-21H2,1-5H3/t23-,31+,34-,39+/m1/s1. The first-order chi connectivity index (χ1) is 25.6. The summed E-state index contributed by atoms with van der Waals surface area (Å²) < 4.78 is 42.3. The molecule has 11 nitrogen and oxygen atoms in total. The van der Waals surface area contributed by atoms with Crippen LogP contribution in [0.5, 0.6) is 0 Å². The van der Waals surface area contributed by atoms with Gasteiger partial charge in [0.2, 0.25) is 11.8 Å². The molecule has 2 amide bonds. The largest absolute Gasteiger partial charge is 0.433 e. The van der Waals surface area contributed by atoms with Gasteiger partial charge >= 0.3 is 6.18 Å². The molecule has 7 rings (SSSR count). The Kier molecular flexibility index (Phi) is 9.68. The van der Waals surface area contributed by atoms with Gasteiger partial charge in [0, 0.05) is 61.2 Å². The van der Waals surface area contributed by atoms with Crippen molar-refractivity contribution in [2.24, 2.45) is 11.3 Å². The molecule has 0 radical (unpaired) electrons. The molecule has 1 aromatic carbocycles. The number of carbonyl (C=O) groups excluding carboxylic acids is 4. The predicted octanol–water partition coefficient (Wildman–Crippen LogP) is 6.11. The lowest BCUT2D eigenvalue weighted by atomic mass is 9.93. The topological polar surface area (TPSA) is 131 Å².